The van der Waals surface area contributed by atoms with Crippen molar-refractivity contribution in [2.45, 2.75) is 30.9 Å². The second-order valence-corrected chi connectivity index (χ2v) is 9.98. The maximum atomic E-state index is 12.4. The predicted molar refractivity (Wildman–Crippen MR) is 140 cm³/mol. The molecule has 4 heterocycles. The van der Waals surface area contributed by atoms with Crippen molar-refractivity contribution in [1.29, 1.82) is 0 Å². The first-order valence-electron chi connectivity index (χ1n) is 12.0. The Bertz CT molecular complexity index is 1270. The van der Waals surface area contributed by atoms with E-state index in [1.807, 2.05) is 13.0 Å². The molecule has 2 N–H and O–H groups in total. The Morgan fingerprint density at radius 2 is 2.19 bits per heavy atom. The normalized spacial score (nSPS) is 24.8. The number of fused-ring (bicyclic) bond motifs is 1. The van der Waals surface area contributed by atoms with E-state index < -0.39 is 0 Å². The molecule has 9 nitrogen and oxygen atoms in total. The highest BCUT2D eigenvalue weighted by Crippen LogP contribution is 2.31. The maximum Gasteiger partial charge on any atom is 0.239 e. The number of alkyl halides is 1. The Labute approximate surface area is 218 Å². The number of anilines is 1. The lowest BCUT2D eigenvalue weighted by molar-refractivity contribution is -0.118. The average molecular weight is 531 g/mol. The molecule has 1 amide bonds. The number of hydrogen-bond donors (Lipinski definition) is 2. The highest BCUT2D eigenvalue weighted by Gasteiger charge is 2.31. The third kappa shape index (κ3) is 5.71. The molecule has 0 bridgehead atoms. The van der Waals surface area contributed by atoms with Crippen molar-refractivity contribution in [2.75, 3.05) is 38.2 Å². The van der Waals surface area contributed by atoms with Gasteiger partial charge >= 0.3 is 0 Å². The quantitative estimate of drug-likeness (QED) is 0.529. The Morgan fingerprint density at radius 1 is 1.36 bits per heavy atom. The van der Waals surface area contributed by atoms with Gasteiger partial charge in [-0.3, -0.25) is 19.8 Å². The average Bonchev–Trinajstić information content (AvgIpc) is 3.28. The summed E-state index contributed by atoms with van der Waals surface area (Å²) in [4.78, 5) is 22.9. The van der Waals surface area contributed by atoms with E-state index in [-0.39, 0.29) is 29.4 Å². The smallest absolute Gasteiger partial charge is 0.239 e. The number of nitrogens with one attached hydrogen (secondary N) is 2. The van der Waals surface area contributed by atoms with Gasteiger partial charge in [-0.05, 0) is 31.6 Å². The summed E-state index contributed by atoms with van der Waals surface area (Å²) >= 11 is 12.8. The number of aromatic amines is 1. The van der Waals surface area contributed by atoms with Crippen LogP contribution in [0.1, 0.15) is 13.3 Å². The fourth-order valence-electron chi connectivity index (χ4n) is 4.61. The summed E-state index contributed by atoms with van der Waals surface area (Å²) < 4.78 is 11.7. The van der Waals surface area contributed by atoms with Gasteiger partial charge in [0.1, 0.15) is 11.5 Å². The molecule has 1 saturated heterocycles. The molecule has 0 spiro atoms. The zero-order chi connectivity index (χ0) is 25.1. The van der Waals surface area contributed by atoms with Gasteiger partial charge in [-0.1, -0.05) is 17.7 Å². The van der Waals surface area contributed by atoms with E-state index in [2.05, 4.69) is 42.5 Å². The number of H-pyrrole nitrogens is 1. The van der Waals surface area contributed by atoms with Crippen molar-refractivity contribution in [3.63, 3.8) is 0 Å². The molecule has 190 valence electrons. The van der Waals surface area contributed by atoms with Crippen LogP contribution in [0.2, 0.25) is 0 Å². The van der Waals surface area contributed by atoms with Crippen LogP contribution in [0.4, 0.5) is 5.82 Å². The molecule has 0 saturated carbocycles. The van der Waals surface area contributed by atoms with E-state index in [0.717, 1.165) is 34.9 Å². The molecule has 1 fully saturated rings. The van der Waals surface area contributed by atoms with E-state index in [1.54, 1.807) is 24.7 Å². The number of halogens is 2. The van der Waals surface area contributed by atoms with Crippen molar-refractivity contribution < 1.29 is 14.3 Å². The van der Waals surface area contributed by atoms with Gasteiger partial charge in [0.2, 0.25) is 5.91 Å². The summed E-state index contributed by atoms with van der Waals surface area (Å²) in [6.45, 7) is 5.12. The Balaban J connectivity index is 1.26. The third-order valence-electron chi connectivity index (χ3n) is 6.50. The van der Waals surface area contributed by atoms with Gasteiger partial charge in [0.05, 0.1) is 42.7 Å². The minimum absolute atomic E-state index is 0.0929. The number of hydrogen-bond acceptors (Lipinski definition) is 7. The van der Waals surface area contributed by atoms with Crippen LogP contribution in [0, 0.1) is 5.92 Å². The van der Waals surface area contributed by atoms with Gasteiger partial charge < -0.3 is 14.8 Å². The number of ether oxygens (including phenoxy) is 2. The van der Waals surface area contributed by atoms with Gasteiger partial charge in [-0.2, -0.15) is 5.10 Å². The van der Waals surface area contributed by atoms with Crippen molar-refractivity contribution in [3.05, 3.63) is 40.1 Å². The molecule has 2 aromatic rings. The van der Waals surface area contributed by atoms with Crippen LogP contribution in [0.5, 0.6) is 0 Å². The number of morpholine rings is 1. The second kappa shape index (κ2) is 11.2. The monoisotopic (exact) mass is 530 g/mol. The molecule has 3 aliphatic rings. The van der Waals surface area contributed by atoms with Crippen LogP contribution in [0.3, 0.4) is 0 Å². The first-order chi connectivity index (χ1) is 17.5. The Kier molecular flexibility index (Phi) is 7.83. The minimum atomic E-state index is -0.316. The molecule has 2 aromatic heterocycles. The van der Waals surface area contributed by atoms with Crippen molar-refractivity contribution in [3.8, 4) is 11.3 Å². The first kappa shape index (κ1) is 25.1. The van der Waals surface area contributed by atoms with E-state index >= 15 is 0 Å². The van der Waals surface area contributed by atoms with Crippen LogP contribution in [-0.2, 0) is 14.3 Å². The van der Waals surface area contributed by atoms with E-state index in [9.17, 15) is 4.79 Å². The summed E-state index contributed by atoms with van der Waals surface area (Å²) in [5, 5.41) is 12.6. The number of amides is 1. The summed E-state index contributed by atoms with van der Waals surface area (Å²) in [7, 11) is 0. The SMILES string of the molecule is CC(OC1C=c2c(-c3ccc(NC(=O)CN4CCOCC4)nc3)n[nH]c2=CC1)C1C(Cl)=CN=CC1Cl. The number of carbonyl (C=O) groups is 1. The summed E-state index contributed by atoms with van der Waals surface area (Å²) in [5.74, 6) is 0.257. The number of nitrogens with zero attached hydrogens (tertiary/aromatic N) is 4. The maximum absolute atomic E-state index is 12.4. The van der Waals surface area contributed by atoms with Gasteiger partial charge in [0.15, 0.2) is 0 Å². The molecular weight excluding hydrogens is 503 g/mol. The largest absolute Gasteiger partial charge is 0.379 e. The van der Waals surface area contributed by atoms with E-state index in [4.69, 9.17) is 32.7 Å². The minimum Gasteiger partial charge on any atom is -0.379 e. The molecule has 4 atom stereocenters. The number of rotatable bonds is 7. The second-order valence-electron chi connectivity index (χ2n) is 9.04. The third-order valence-corrected chi connectivity index (χ3v) is 7.23. The molecule has 0 aromatic carbocycles. The Morgan fingerprint density at radius 3 is 2.94 bits per heavy atom. The van der Waals surface area contributed by atoms with Gasteiger partial charge in [-0.15, -0.1) is 11.6 Å². The van der Waals surface area contributed by atoms with Gasteiger partial charge in [-0.25, -0.2) is 4.98 Å². The van der Waals surface area contributed by atoms with E-state index in [1.165, 1.54) is 0 Å². The summed E-state index contributed by atoms with van der Waals surface area (Å²) in [6, 6.07) is 3.69. The fraction of sp³-hybridized carbons (Fsp3) is 0.440. The van der Waals surface area contributed by atoms with Gasteiger partial charge in [0, 0.05) is 53.4 Å². The van der Waals surface area contributed by atoms with Crippen LogP contribution >= 0.6 is 23.2 Å². The Hall–Kier alpha value is -2.56. The standard InChI is InChI=1S/C25H28Cl2N6O3/c1-15(24-19(26)12-28-13-20(24)27)36-17-3-4-21-18(10-17)25(32-31-21)16-2-5-22(29-11-16)30-23(34)14-33-6-8-35-9-7-33/h2,4-5,10-13,15,17,19,24,31H,3,6-9,14H2,1H3,(H,29,30,34). The molecule has 4 unspecified atom stereocenters. The zero-order valence-corrected chi connectivity index (χ0v) is 21.4. The number of carbonyl (C=O) groups excluding carboxylic acids is 1. The molecule has 2 aliphatic heterocycles. The zero-order valence-electron chi connectivity index (χ0n) is 19.9. The molecule has 11 heteroatoms. The summed E-state index contributed by atoms with van der Waals surface area (Å²) in [6.07, 6.45) is 9.53. The highest BCUT2D eigenvalue weighted by molar-refractivity contribution is 6.34. The van der Waals surface area contributed by atoms with Crippen LogP contribution in [0.15, 0.2) is 34.6 Å². The van der Waals surface area contributed by atoms with Gasteiger partial charge in [0.25, 0.3) is 0 Å². The molecular formula is C25H28Cl2N6O3. The highest BCUT2D eigenvalue weighted by atomic mass is 35.5. The fourth-order valence-corrected chi connectivity index (χ4v) is 5.45. The van der Waals surface area contributed by atoms with Crippen LogP contribution < -0.4 is 15.9 Å². The topological polar surface area (TPSA) is 105 Å². The van der Waals surface area contributed by atoms with Crippen molar-refractivity contribution >= 4 is 53.3 Å². The molecule has 0 radical (unpaired) electrons. The number of pyridine rings is 1. The summed E-state index contributed by atoms with van der Waals surface area (Å²) in [5.41, 5.74) is 1.62. The van der Waals surface area contributed by atoms with Crippen LogP contribution in [0.25, 0.3) is 23.4 Å². The van der Waals surface area contributed by atoms with E-state index in [0.29, 0.717) is 37.0 Å². The molecule has 36 heavy (non-hydrogen) atoms. The molecule has 1 aliphatic carbocycles. The lowest BCUT2D eigenvalue weighted by Crippen LogP contribution is -2.41. The lowest BCUT2D eigenvalue weighted by atomic mass is 9.97. The van der Waals surface area contributed by atoms with Crippen molar-refractivity contribution in [2.24, 2.45) is 10.9 Å². The molecule has 5 rings (SSSR count). The number of aromatic nitrogens is 3. The van der Waals surface area contributed by atoms with Crippen LogP contribution in [-0.4, -0.2) is 82.6 Å². The van der Waals surface area contributed by atoms with Crippen molar-refractivity contribution in [1.82, 2.24) is 20.1 Å². The predicted octanol–water partition coefficient (Wildman–Crippen LogP) is 1.87. The first-order valence-corrected chi connectivity index (χ1v) is 12.8. The lowest BCUT2D eigenvalue weighted by Gasteiger charge is -2.30. The number of aliphatic imine (C=N–C) groups is 1.